The molecule has 3 N–H and O–H groups in total. The number of carbonyl (C=O) groups is 3. The van der Waals surface area contributed by atoms with Crippen molar-refractivity contribution in [2.75, 3.05) is 21.3 Å². The molecule has 0 radical (unpaired) electrons. The Morgan fingerprint density at radius 2 is 1.06 bits per heavy atom. The van der Waals surface area contributed by atoms with Crippen molar-refractivity contribution in [1.82, 2.24) is 0 Å². The Hall–Kier alpha value is -1.63. The smallest absolute Gasteiger partial charge is 0.302 e. The second-order valence-corrected chi connectivity index (χ2v) is 2.23. The molecule has 0 heterocycles. The summed E-state index contributed by atoms with van der Waals surface area (Å²) >= 11 is 0. The molecule has 0 spiro atoms. The van der Waals surface area contributed by atoms with E-state index in [1.165, 1.54) is 21.0 Å². The Kier molecular flexibility index (Phi) is 34.8. The fourth-order valence-corrected chi connectivity index (χ4v) is 0. The summed E-state index contributed by atoms with van der Waals surface area (Å²) in [5.74, 6) is -1.41. The molecule has 0 rings (SSSR count). The lowest BCUT2D eigenvalue weighted by Gasteiger charge is -1.80. The number of carboxylic acids is 1. The molecular weight excluding hydrogens is 218 g/mol. The second-order valence-electron chi connectivity index (χ2n) is 2.23. The van der Waals surface area contributed by atoms with Crippen molar-refractivity contribution >= 4 is 17.8 Å². The van der Waals surface area contributed by atoms with Crippen LogP contribution in [0.5, 0.6) is 0 Å². The topological polar surface area (TPSA) is 116 Å². The summed E-state index contributed by atoms with van der Waals surface area (Å²) in [6.45, 7) is 3.75. The van der Waals surface area contributed by atoms with Gasteiger partial charge in [-0.3, -0.25) is 14.4 Å². The highest BCUT2D eigenvalue weighted by molar-refractivity contribution is 5.70. The predicted molar refractivity (Wildman–Crippen MR) is 58.8 cm³/mol. The van der Waals surface area contributed by atoms with E-state index in [9.17, 15) is 9.59 Å². The summed E-state index contributed by atoms with van der Waals surface area (Å²) in [6.07, 6.45) is 0. The van der Waals surface area contributed by atoms with Crippen LogP contribution in [-0.2, 0) is 23.9 Å². The van der Waals surface area contributed by atoms with Gasteiger partial charge in [-0.25, -0.2) is 0 Å². The van der Waals surface area contributed by atoms with Crippen molar-refractivity contribution < 1.29 is 29.0 Å². The van der Waals surface area contributed by atoms with Gasteiger partial charge in [0, 0.05) is 35.0 Å². The summed E-state index contributed by atoms with van der Waals surface area (Å²) in [4.78, 5) is 27.8. The molecule has 0 saturated carbocycles. The van der Waals surface area contributed by atoms with E-state index in [1.54, 1.807) is 14.2 Å². The molecule has 0 aliphatic heterocycles. The summed E-state index contributed by atoms with van der Waals surface area (Å²) in [6, 6.07) is 0. The van der Waals surface area contributed by atoms with Gasteiger partial charge in [0.05, 0.1) is 7.11 Å². The van der Waals surface area contributed by atoms with Crippen molar-refractivity contribution in [2.45, 2.75) is 20.8 Å². The number of ether oxygens (including phenoxy) is 2. The van der Waals surface area contributed by atoms with E-state index >= 15 is 0 Å². The molecule has 0 unspecified atom stereocenters. The van der Waals surface area contributed by atoms with E-state index in [1.807, 2.05) is 0 Å². The maximum Gasteiger partial charge on any atom is 0.302 e. The molecule has 0 saturated heterocycles. The minimum Gasteiger partial charge on any atom is -0.481 e. The molecule has 0 atom stereocenters. The molecule has 1 amide bonds. The van der Waals surface area contributed by atoms with Crippen LogP contribution in [0, 0.1) is 0 Å². The highest BCUT2D eigenvalue weighted by Gasteiger charge is 1.75. The molecule has 0 aromatic heterocycles. The standard InChI is InChI=1S/C3H6O2.C2H5NO.C2H4O2.C2H6O/c1-3(4)5-2;2*1-2(3)4;1-3-2/h1-2H3;1H3,(H2,3,4);1H3,(H,3,4);1-2H3. The summed E-state index contributed by atoms with van der Waals surface area (Å²) in [5, 5.41) is 7.42. The van der Waals surface area contributed by atoms with Gasteiger partial charge in [0.25, 0.3) is 5.97 Å². The Morgan fingerprint density at radius 1 is 1.00 bits per heavy atom. The molecule has 7 heteroatoms. The number of carboxylic acid groups (broad SMARTS) is 1. The zero-order chi connectivity index (χ0) is 14.1. The third-order valence-corrected chi connectivity index (χ3v) is 0.287. The Morgan fingerprint density at radius 3 is 1.06 bits per heavy atom. The lowest BCUT2D eigenvalue weighted by Crippen LogP contribution is -2.01. The van der Waals surface area contributed by atoms with E-state index < -0.39 is 5.97 Å². The van der Waals surface area contributed by atoms with Crippen molar-refractivity contribution in [3.05, 3.63) is 0 Å². The Labute approximate surface area is 95.5 Å². The maximum atomic E-state index is 9.59. The van der Waals surface area contributed by atoms with Crippen LogP contribution in [0.1, 0.15) is 20.8 Å². The number of amides is 1. The average molecular weight is 239 g/mol. The summed E-state index contributed by atoms with van der Waals surface area (Å²) in [5.41, 5.74) is 4.47. The van der Waals surface area contributed by atoms with Gasteiger partial charge in [-0.2, -0.15) is 0 Å². The van der Waals surface area contributed by atoms with E-state index in [2.05, 4.69) is 15.2 Å². The van der Waals surface area contributed by atoms with E-state index in [4.69, 9.17) is 9.90 Å². The lowest BCUT2D eigenvalue weighted by atomic mass is 10.8. The second kappa shape index (κ2) is 23.3. The van der Waals surface area contributed by atoms with Crippen LogP contribution >= 0.6 is 0 Å². The number of hydrogen-bond acceptors (Lipinski definition) is 5. The highest BCUT2D eigenvalue weighted by atomic mass is 16.5. The van der Waals surface area contributed by atoms with Crippen LogP contribution in [0.3, 0.4) is 0 Å². The largest absolute Gasteiger partial charge is 0.481 e. The van der Waals surface area contributed by atoms with Gasteiger partial charge in [0.15, 0.2) is 0 Å². The van der Waals surface area contributed by atoms with Gasteiger partial charge in [-0.1, -0.05) is 0 Å². The van der Waals surface area contributed by atoms with Gasteiger partial charge in [-0.05, 0) is 0 Å². The molecule has 0 aliphatic rings. The normalized spacial score (nSPS) is 6.38. The summed E-state index contributed by atoms with van der Waals surface area (Å²) < 4.78 is 8.36. The fraction of sp³-hybridized carbons (Fsp3) is 0.667. The quantitative estimate of drug-likeness (QED) is 0.576. The Bertz CT molecular complexity index is 161. The van der Waals surface area contributed by atoms with Crippen LogP contribution in [0.25, 0.3) is 0 Å². The van der Waals surface area contributed by atoms with Crippen molar-refractivity contribution in [3.63, 3.8) is 0 Å². The first-order chi connectivity index (χ1) is 7.15. The number of aliphatic carboxylic acids is 1. The molecule has 7 nitrogen and oxygen atoms in total. The monoisotopic (exact) mass is 239 g/mol. The first-order valence-corrected chi connectivity index (χ1v) is 4.05. The van der Waals surface area contributed by atoms with E-state index in [-0.39, 0.29) is 11.9 Å². The highest BCUT2D eigenvalue weighted by Crippen LogP contribution is 1.60. The van der Waals surface area contributed by atoms with Crippen LogP contribution < -0.4 is 5.73 Å². The van der Waals surface area contributed by atoms with Crippen LogP contribution in [0.2, 0.25) is 0 Å². The molecule has 0 bridgehead atoms. The van der Waals surface area contributed by atoms with Gasteiger partial charge < -0.3 is 20.3 Å². The lowest BCUT2D eigenvalue weighted by molar-refractivity contribution is -0.138. The molecule has 16 heavy (non-hydrogen) atoms. The van der Waals surface area contributed by atoms with Crippen molar-refractivity contribution in [2.24, 2.45) is 5.73 Å². The predicted octanol–water partition coefficient (Wildman–Crippen LogP) is 0.0244. The number of primary amides is 1. The first kappa shape index (κ1) is 23.9. The first-order valence-electron chi connectivity index (χ1n) is 4.05. The fourth-order valence-electron chi connectivity index (χ4n) is 0. The van der Waals surface area contributed by atoms with E-state index in [0.717, 1.165) is 6.92 Å². The molecule has 0 fully saturated rings. The number of esters is 1. The molecule has 0 aliphatic carbocycles. The number of rotatable bonds is 0. The Balaban J connectivity index is -0.0000000610. The third-order valence-electron chi connectivity index (χ3n) is 0.287. The summed E-state index contributed by atoms with van der Waals surface area (Å²) in [7, 11) is 4.60. The van der Waals surface area contributed by atoms with Crippen molar-refractivity contribution in [3.8, 4) is 0 Å². The number of carbonyl (C=O) groups excluding carboxylic acids is 2. The third kappa shape index (κ3) is 11700. The molecule has 0 aromatic carbocycles. The molecule has 0 aromatic rings. The van der Waals surface area contributed by atoms with Gasteiger partial charge in [0.2, 0.25) is 5.91 Å². The zero-order valence-electron chi connectivity index (χ0n) is 10.6. The zero-order valence-corrected chi connectivity index (χ0v) is 10.6. The minimum atomic E-state index is -0.833. The van der Waals surface area contributed by atoms with Gasteiger partial charge >= 0.3 is 5.97 Å². The SMILES string of the molecule is CC(=O)O.CC(N)=O.COC.COC(C)=O. The van der Waals surface area contributed by atoms with Gasteiger partial charge in [0.1, 0.15) is 0 Å². The molecule has 98 valence electrons. The van der Waals surface area contributed by atoms with Gasteiger partial charge in [-0.15, -0.1) is 0 Å². The average Bonchev–Trinajstić information content (AvgIpc) is 2.03. The van der Waals surface area contributed by atoms with Crippen LogP contribution in [-0.4, -0.2) is 44.3 Å². The van der Waals surface area contributed by atoms with Crippen LogP contribution in [0.15, 0.2) is 0 Å². The van der Waals surface area contributed by atoms with Crippen molar-refractivity contribution in [1.29, 1.82) is 0 Å². The number of methoxy groups -OCH3 is 2. The maximum absolute atomic E-state index is 9.59. The van der Waals surface area contributed by atoms with Crippen LogP contribution in [0.4, 0.5) is 0 Å². The minimum absolute atomic E-state index is 0.245. The molecular formula is C9H21NO6. The number of hydrogen-bond donors (Lipinski definition) is 2. The van der Waals surface area contributed by atoms with E-state index in [0.29, 0.717) is 0 Å². The number of nitrogens with two attached hydrogens (primary N) is 1.